The molecule has 4 rings (SSSR count). The highest BCUT2D eigenvalue weighted by Crippen LogP contribution is 2.44. The number of nitrogens with one attached hydrogen (secondary N) is 2. The molecule has 0 radical (unpaired) electrons. The molecule has 6 nitrogen and oxygen atoms in total. The molecule has 2 N–H and O–H groups in total. The SMILES string of the molecule is N#Cc1c[nH]c(C(=O)N[C@H]2C[C@H]2c2ccc3c(c2)OCCO3)c1. The van der Waals surface area contributed by atoms with Gasteiger partial charge in [0.25, 0.3) is 5.91 Å². The highest BCUT2D eigenvalue weighted by molar-refractivity contribution is 5.93. The average molecular weight is 309 g/mol. The Morgan fingerprint density at radius 2 is 2.09 bits per heavy atom. The second-order valence-corrected chi connectivity index (χ2v) is 5.74. The van der Waals surface area contributed by atoms with Gasteiger partial charge in [0.1, 0.15) is 25.0 Å². The lowest BCUT2D eigenvalue weighted by atomic mass is 10.1. The molecule has 1 aliphatic carbocycles. The van der Waals surface area contributed by atoms with Gasteiger partial charge in [-0.25, -0.2) is 0 Å². The van der Waals surface area contributed by atoms with Crippen LogP contribution in [0.2, 0.25) is 0 Å². The number of carbonyl (C=O) groups is 1. The molecular formula is C17H15N3O3. The number of hydrogen-bond acceptors (Lipinski definition) is 4. The van der Waals surface area contributed by atoms with Crippen LogP contribution in [0, 0.1) is 11.3 Å². The summed E-state index contributed by atoms with van der Waals surface area (Å²) in [4.78, 5) is 15.0. The number of carbonyl (C=O) groups excluding carboxylic acids is 1. The van der Waals surface area contributed by atoms with Gasteiger partial charge in [-0.15, -0.1) is 0 Å². The maximum atomic E-state index is 12.1. The number of H-pyrrole nitrogens is 1. The van der Waals surface area contributed by atoms with E-state index in [2.05, 4.69) is 10.3 Å². The summed E-state index contributed by atoms with van der Waals surface area (Å²) >= 11 is 0. The van der Waals surface area contributed by atoms with E-state index in [1.54, 1.807) is 6.07 Å². The van der Waals surface area contributed by atoms with E-state index in [1.165, 1.54) is 6.20 Å². The average Bonchev–Trinajstić information content (AvgIpc) is 3.17. The first-order valence-corrected chi connectivity index (χ1v) is 7.53. The topological polar surface area (TPSA) is 87.1 Å². The summed E-state index contributed by atoms with van der Waals surface area (Å²) in [7, 11) is 0. The molecule has 1 saturated carbocycles. The minimum atomic E-state index is -0.184. The molecule has 2 atom stereocenters. The first kappa shape index (κ1) is 13.7. The van der Waals surface area contributed by atoms with Crippen molar-refractivity contribution < 1.29 is 14.3 Å². The van der Waals surface area contributed by atoms with Gasteiger partial charge in [0.2, 0.25) is 0 Å². The van der Waals surface area contributed by atoms with Gasteiger partial charge in [0.15, 0.2) is 11.5 Å². The molecule has 6 heteroatoms. The molecule has 2 heterocycles. The van der Waals surface area contributed by atoms with E-state index in [-0.39, 0.29) is 11.9 Å². The number of aromatic nitrogens is 1. The predicted octanol–water partition coefficient (Wildman–Crippen LogP) is 1.94. The summed E-state index contributed by atoms with van der Waals surface area (Å²) in [5.41, 5.74) is 2.01. The van der Waals surface area contributed by atoms with Crippen LogP contribution in [0.15, 0.2) is 30.5 Å². The summed E-state index contributed by atoms with van der Waals surface area (Å²) in [5.74, 6) is 1.65. The van der Waals surface area contributed by atoms with E-state index >= 15 is 0 Å². The van der Waals surface area contributed by atoms with Crippen LogP contribution in [0.5, 0.6) is 11.5 Å². The van der Waals surface area contributed by atoms with Crippen LogP contribution in [0.25, 0.3) is 0 Å². The van der Waals surface area contributed by atoms with E-state index in [9.17, 15) is 4.79 Å². The van der Waals surface area contributed by atoms with Crippen LogP contribution in [0.1, 0.15) is 34.0 Å². The highest BCUT2D eigenvalue weighted by atomic mass is 16.6. The second kappa shape index (κ2) is 5.36. The van der Waals surface area contributed by atoms with Crippen molar-refractivity contribution in [1.82, 2.24) is 10.3 Å². The van der Waals surface area contributed by atoms with E-state index in [4.69, 9.17) is 14.7 Å². The molecular weight excluding hydrogens is 294 g/mol. The molecule has 0 saturated heterocycles. The molecule has 1 fully saturated rings. The van der Waals surface area contributed by atoms with Crippen molar-refractivity contribution in [2.24, 2.45) is 0 Å². The largest absolute Gasteiger partial charge is 0.486 e. The smallest absolute Gasteiger partial charge is 0.267 e. The van der Waals surface area contributed by atoms with Crippen LogP contribution in [-0.4, -0.2) is 30.1 Å². The normalized spacial score (nSPS) is 21.3. The lowest BCUT2D eigenvalue weighted by molar-refractivity contribution is 0.0946. The van der Waals surface area contributed by atoms with Crippen molar-refractivity contribution in [2.75, 3.05) is 13.2 Å². The third kappa shape index (κ3) is 2.61. The molecule has 1 aliphatic heterocycles. The standard InChI is InChI=1S/C17H15N3O3/c18-8-10-5-14(19-9-10)17(21)20-13-7-12(13)11-1-2-15-16(6-11)23-4-3-22-15/h1-2,5-6,9,12-13,19H,3-4,7H2,(H,20,21)/t12-,13-/m0/s1. The number of nitrogens with zero attached hydrogens (tertiary/aromatic N) is 1. The fourth-order valence-corrected chi connectivity index (χ4v) is 2.85. The van der Waals surface area contributed by atoms with Gasteiger partial charge in [-0.3, -0.25) is 4.79 Å². The third-order valence-electron chi connectivity index (χ3n) is 4.16. The van der Waals surface area contributed by atoms with Crippen LogP contribution in [-0.2, 0) is 0 Å². The molecule has 0 unspecified atom stereocenters. The Hall–Kier alpha value is -2.94. The zero-order valence-corrected chi connectivity index (χ0v) is 12.3. The quantitative estimate of drug-likeness (QED) is 0.907. The number of benzene rings is 1. The monoisotopic (exact) mass is 309 g/mol. The van der Waals surface area contributed by atoms with Crippen molar-refractivity contribution in [3.8, 4) is 17.6 Å². The number of rotatable bonds is 3. The zero-order chi connectivity index (χ0) is 15.8. The van der Waals surface area contributed by atoms with E-state index in [1.807, 2.05) is 24.3 Å². The third-order valence-corrected chi connectivity index (χ3v) is 4.16. The summed E-state index contributed by atoms with van der Waals surface area (Å²) in [6.45, 7) is 1.14. The van der Waals surface area contributed by atoms with Crippen molar-refractivity contribution in [3.63, 3.8) is 0 Å². The van der Waals surface area contributed by atoms with Crippen molar-refractivity contribution in [3.05, 3.63) is 47.3 Å². The van der Waals surface area contributed by atoms with Gasteiger partial charge in [-0.05, 0) is 30.2 Å². The number of hydrogen-bond donors (Lipinski definition) is 2. The van der Waals surface area contributed by atoms with E-state index in [0.29, 0.717) is 30.4 Å². The van der Waals surface area contributed by atoms with Gasteiger partial charge >= 0.3 is 0 Å². The van der Waals surface area contributed by atoms with Crippen LogP contribution < -0.4 is 14.8 Å². The van der Waals surface area contributed by atoms with Crippen molar-refractivity contribution in [2.45, 2.75) is 18.4 Å². The molecule has 0 bridgehead atoms. The number of amides is 1. The second-order valence-electron chi connectivity index (χ2n) is 5.74. The molecule has 2 aromatic rings. The van der Waals surface area contributed by atoms with Crippen LogP contribution in [0.3, 0.4) is 0 Å². The number of ether oxygens (including phenoxy) is 2. The Bertz CT molecular complexity index is 806. The van der Waals surface area contributed by atoms with E-state index < -0.39 is 0 Å². The Morgan fingerprint density at radius 1 is 1.26 bits per heavy atom. The molecule has 1 amide bonds. The Kier molecular flexibility index (Phi) is 3.19. The first-order valence-electron chi connectivity index (χ1n) is 7.53. The minimum absolute atomic E-state index is 0.110. The van der Waals surface area contributed by atoms with Gasteiger partial charge in [0, 0.05) is 18.2 Å². The van der Waals surface area contributed by atoms with Crippen molar-refractivity contribution >= 4 is 5.91 Å². The lowest BCUT2D eigenvalue weighted by Crippen LogP contribution is -2.26. The number of aromatic amines is 1. The van der Waals surface area contributed by atoms with E-state index in [0.717, 1.165) is 23.5 Å². The molecule has 1 aromatic carbocycles. The summed E-state index contributed by atoms with van der Waals surface area (Å²) < 4.78 is 11.1. The van der Waals surface area contributed by atoms with Gasteiger partial charge in [-0.1, -0.05) is 6.07 Å². The summed E-state index contributed by atoms with van der Waals surface area (Å²) in [5, 5.41) is 11.8. The Balaban J connectivity index is 1.42. The Labute approximate surface area is 133 Å². The van der Waals surface area contributed by atoms with Gasteiger partial charge in [0.05, 0.1) is 5.56 Å². The maximum Gasteiger partial charge on any atom is 0.267 e. The summed E-state index contributed by atoms with van der Waals surface area (Å²) in [6.07, 6.45) is 2.43. The van der Waals surface area contributed by atoms with Crippen molar-refractivity contribution in [1.29, 1.82) is 5.26 Å². The Morgan fingerprint density at radius 3 is 2.87 bits per heavy atom. The maximum absolute atomic E-state index is 12.1. The molecule has 2 aliphatic rings. The molecule has 116 valence electrons. The lowest BCUT2D eigenvalue weighted by Gasteiger charge is -2.18. The van der Waals surface area contributed by atoms with Gasteiger partial charge in [-0.2, -0.15) is 5.26 Å². The fourth-order valence-electron chi connectivity index (χ4n) is 2.85. The first-order chi connectivity index (χ1) is 11.2. The molecule has 23 heavy (non-hydrogen) atoms. The van der Waals surface area contributed by atoms with Crippen LogP contribution >= 0.6 is 0 Å². The fraction of sp³-hybridized carbons (Fsp3) is 0.294. The number of nitriles is 1. The molecule has 1 aromatic heterocycles. The minimum Gasteiger partial charge on any atom is -0.486 e. The van der Waals surface area contributed by atoms with Crippen LogP contribution in [0.4, 0.5) is 0 Å². The predicted molar refractivity (Wildman–Crippen MR) is 81.6 cm³/mol. The summed E-state index contributed by atoms with van der Waals surface area (Å²) in [6, 6.07) is 9.60. The number of fused-ring (bicyclic) bond motifs is 1. The van der Waals surface area contributed by atoms with Gasteiger partial charge < -0.3 is 19.8 Å². The highest BCUT2D eigenvalue weighted by Gasteiger charge is 2.40. The molecule has 0 spiro atoms. The zero-order valence-electron chi connectivity index (χ0n) is 12.3.